The topological polar surface area (TPSA) is 69.9 Å². The van der Waals surface area contributed by atoms with Gasteiger partial charge in [0, 0.05) is 25.4 Å². The molecule has 4 atom stereocenters. The van der Waals surface area contributed by atoms with E-state index in [4.69, 9.17) is 4.74 Å². The average molecular weight is 368 g/mol. The summed E-state index contributed by atoms with van der Waals surface area (Å²) in [6.45, 7) is -0.146. The number of aliphatic hydroxyl groups is 3. The lowest BCUT2D eigenvalue weighted by atomic mass is 9.83. The third-order valence-electron chi connectivity index (χ3n) is 5.87. The zero-order chi connectivity index (χ0) is 18.8. The second-order valence-electron chi connectivity index (χ2n) is 8.01. The van der Waals surface area contributed by atoms with Crippen LogP contribution in [0.3, 0.4) is 0 Å². The molecule has 0 aromatic heterocycles. The van der Waals surface area contributed by atoms with Crippen LogP contribution in [0.2, 0.25) is 0 Å². The molecule has 0 unspecified atom stereocenters. The third kappa shape index (κ3) is 4.34. The standard InChI is InChI=1S/C23H28O4/c24-14-19-12-20(13-21(25)23(19)26)27-22-4-2-1-3-18(22)11-15-5-7-16(8-6-15)17-9-10-17/h1-8,17,19-21,23-26H,9-14H2/t19-,20-,21-,23-/m1/s1. The molecule has 4 rings (SSSR count). The van der Waals surface area contributed by atoms with E-state index in [0.29, 0.717) is 12.8 Å². The fourth-order valence-corrected chi connectivity index (χ4v) is 4.06. The first-order valence-corrected chi connectivity index (χ1v) is 9.94. The first-order chi connectivity index (χ1) is 13.1. The zero-order valence-corrected chi connectivity index (χ0v) is 15.5. The first-order valence-electron chi connectivity index (χ1n) is 9.94. The van der Waals surface area contributed by atoms with Crippen LogP contribution in [0.1, 0.15) is 48.3 Å². The van der Waals surface area contributed by atoms with Crippen LogP contribution >= 0.6 is 0 Å². The summed E-state index contributed by atoms with van der Waals surface area (Å²) >= 11 is 0. The van der Waals surface area contributed by atoms with E-state index in [1.54, 1.807) is 0 Å². The van der Waals surface area contributed by atoms with Crippen LogP contribution < -0.4 is 4.74 Å². The van der Waals surface area contributed by atoms with Crippen molar-refractivity contribution in [3.05, 3.63) is 65.2 Å². The minimum atomic E-state index is -0.880. The van der Waals surface area contributed by atoms with Gasteiger partial charge in [0.25, 0.3) is 0 Å². The Morgan fingerprint density at radius 3 is 2.37 bits per heavy atom. The molecule has 2 aliphatic rings. The Kier molecular flexibility index (Phi) is 5.48. The summed E-state index contributed by atoms with van der Waals surface area (Å²) in [5.41, 5.74) is 3.80. The van der Waals surface area contributed by atoms with E-state index in [1.807, 2.05) is 18.2 Å². The monoisotopic (exact) mass is 368 g/mol. The molecule has 2 fully saturated rings. The van der Waals surface area contributed by atoms with Crippen molar-refractivity contribution in [3.63, 3.8) is 0 Å². The normalized spacial score (nSPS) is 28.1. The van der Waals surface area contributed by atoms with E-state index >= 15 is 0 Å². The maximum absolute atomic E-state index is 10.1. The molecule has 27 heavy (non-hydrogen) atoms. The van der Waals surface area contributed by atoms with Gasteiger partial charge in [0.05, 0.1) is 12.2 Å². The van der Waals surface area contributed by atoms with Crippen LogP contribution in [0.25, 0.3) is 0 Å². The highest BCUT2D eigenvalue weighted by Gasteiger charge is 2.36. The smallest absolute Gasteiger partial charge is 0.123 e. The predicted octanol–water partition coefficient (Wildman–Crippen LogP) is 3.03. The van der Waals surface area contributed by atoms with Gasteiger partial charge in [0.1, 0.15) is 11.9 Å². The zero-order valence-electron chi connectivity index (χ0n) is 15.5. The number of benzene rings is 2. The van der Waals surface area contributed by atoms with Gasteiger partial charge in [-0.2, -0.15) is 0 Å². The molecule has 144 valence electrons. The van der Waals surface area contributed by atoms with Crippen molar-refractivity contribution >= 4 is 0 Å². The van der Waals surface area contributed by atoms with E-state index in [1.165, 1.54) is 24.0 Å². The van der Waals surface area contributed by atoms with E-state index in [9.17, 15) is 15.3 Å². The van der Waals surface area contributed by atoms with E-state index in [0.717, 1.165) is 23.7 Å². The van der Waals surface area contributed by atoms with Crippen molar-refractivity contribution in [1.82, 2.24) is 0 Å². The molecule has 4 nitrogen and oxygen atoms in total. The molecule has 0 saturated heterocycles. The highest BCUT2D eigenvalue weighted by Crippen LogP contribution is 2.40. The molecule has 2 aromatic carbocycles. The van der Waals surface area contributed by atoms with Gasteiger partial charge in [-0.05, 0) is 47.9 Å². The van der Waals surface area contributed by atoms with Gasteiger partial charge in [-0.25, -0.2) is 0 Å². The molecule has 2 saturated carbocycles. The summed E-state index contributed by atoms with van der Waals surface area (Å²) < 4.78 is 6.20. The number of rotatable bonds is 6. The molecule has 3 N–H and O–H groups in total. The maximum atomic E-state index is 10.1. The fourth-order valence-electron chi connectivity index (χ4n) is 4.06. The summed E-state index contributed by atoms with van der Waals surface area (Å²) in [4.78, 5) is 0. The van der Waals surface area contributed by atoms with Crippen LogP contribution in [0, 0.1) is 5.92 Å². The summed E-state index contributed by atoms with van der Waals surface area (Å²) in [6.07, 6.45) is 2.39. The predicted molar refractivity (Wildman–Crippen MR) is 104 cm³/mol. The van der Waals surface area contributed by atoms with E-state index in [2.05, 4.69) is 30.3 Å². The Morgan fingerprint density at radius 1 is 0.926 bits per heavy atom. The lowest BCUT2D eigenvalue weighted by Gasteiger charge is -2.36. The molecule has 2 aliphatic carbocycles. The second kappa shape index (κ2) is 8.01. The number of hydrogen-bond donors (Lipinski definition) is 3. The highest BCUT2D eigenvalue weighted by molar-refractivity contribution is 5.39. The molecule has 0 amide bonds. The van der Waals surface area contributed by atoms with Crippen molar-refractivity contribution in [2.45, 2.75) is 56.3 Å². The summed E-state index contributed by atoms with van der Waals surface area (Å²) in [7, 11) is 0. The molecule has 2 aromatic rings. The van der Waals surface area contributed by atoms with Gasteiger partial charge in [-0.1, -0.05) is 42.5 Å². The number of aliphatic hydroxyl groups excluding tert-OH is 3. The van der Waals surface area contributed by atoms with Gasteiger partial charge in [0.15, 0.2) is 0 Å². The molecule has 0 spiro atoms. The quantitative estimate of drug-likeness (QED) is 0.733. The highest BCUT2D eigenvalue weighted by atomic mass is 16.5. The summed E-state index contributed by atoms with van der Waals surface area (Å²) in [5.74, 6) is 1.23. The first kappa shape index (κ1) is 18.5. The molecule has 4 heteroatoms. The van der Waals surface area contributed by atoms with Crippen molar-refractivity contribution in [2.75, 3.05) is 6.61 Å². The maximum Gasteiger partial charge on any atom is 0.123 e. The minimum Gasteiger partial charge on any atom is -0.490 e. The van der Waals surface area contributed by atoms with Crippen LogP contribution in [-0.4, -0.2) is 40.2 Å². The lowest BCUT2D eigenvalue weighted by Crippen LogP contribution is -2.46. The van der Waals surface area contributed by atoms with E-state index in [-0.39, 0.29) is 18.6 Å². The fraction of sp³-hybridized carbons (Fsp3) is 0.478. The van der Waals surface area contributed by atoms with Gasteiger partial charge >= 0.3 is 0 Å². The molecule has 0 aliphatic heterocycles. The van der Waals surface area contributed by atoms with Gasteiger partial charge < -0.3 is 20.1 Å². The minimum absolute atomic E-state index is 0.146. The van der Waals surface area contributed by atoms with E-state index < -0.39 is 12.2 Å². The molecular formula is C23H28O4. The van der Waals surface area contributed by atoms with Gasteiger partial charge in [-0.15, -0.1) is 0 Å². The van der Waals surface area contributed by atoms with Crippen LogP contribution in [0.5, 0.6) is 5.75 Å². The Labute approximate surface area is 160 Å². The Morgan fingerprint density at radius 2 is 1.67 bits per heavy atom. The molecule has 0 heterocycles. The SMILES string of the molecule is OC[C@H]1C[C@@H](Oc2ccccc2Cc2ccc(C3CC3)cc2)C[C@@H](O)[C@@H]1O. The van der Waals surface area contributed by atoms with Crippen molar-refractivity contribution < 1.29 is 20.1 Å². The van der Waals surface area contributed by atoms with Crippen LogP contribution in [0.4, 0.5) is 0 Å². The molecule has 0 radical (unpaired) electrons. The number of hydrogen-bond acceptors (Lipinski definition) is 4. The third-order valence-corrected chi connectivity index (χ3v) is 5.87. The number of para-hydroxylation sites is 1. The largest absolute Gasteiger partial charge is 0.490 e. The summed E-state index contributed by atoms with van der Waals surface area (Å²) in [5, 5.41) is 29.5. The van der Waals surface area contributed by atoms with Crippen molar-refractivity contribution in [1.29, 1.82) is 0 Å². The average Bonchev–Trinajstić information content (AvgIpc) is 3.52. The lowest BCUT2D eigenvalue weighted by molar-refractivity contribution is -0.0892. The van der Waals surface area contributed by atoms with Crippen molar-refractivity contribution in [3.8, 4) is 5.75 Å². The Bertz CT molecular complexity index is 753. The second-order valence-corrected chi connectivity index (χ2v) is 8.01. The van der Waals surface area contributed by atoms with Crippen molar-refractivity contribution in [2.24, 2.45) is 5.92 Å². The summed E-state index contributed by atoms with van der Waals surface area (Å²) in [6, 6.07) is 16.9. The molecular weight excluding hydrogens is 340 g/mol. The Balaban J connectivity index is 1.46. The van der Waals surface area contributed by atoms with Crippen LogP contribution in [-0.2, 0) is 6.42 Å². The van der Waals surface area contributed by atoms with Gasteiger partial charge in [-0.3, -0.25) is 0 Å². The molecule has 0 bridgehead atoms. The Hall–Kier alpha value is -1.88. The van der Waals surface area contributed by atoms with Gasteiger partial charge in [0.2, 0.25) is 0 Å². The van der Waals surface area contributed by atoms with Crippen LogP contribution in [0.15, 0.2) is 48.5 Å². The number of ether oxygens (including phenoxy) is 1.